The smallest absolute Gasteiger partial charge is 0.264 e. The number of hydrogen-bond acceptors (Lipinski definition) is 5. The molecule has 3 N–H and O–H groups in total. The van der Waals surface area contributed by atoms with Crippen LogP contribution >= 0.6 is 0 Å². The molecule has 18 heavy (non-hydrogen) atoms. The summed E-state index contributed by atoms with van der Waals surface area (Å²) in [5.74, 6) is 0.159. The lowest BCUT2D eigenvalue weighted by atomic mass is 10.2. The van der Waals surface area contributed by atoms with Crippen molar-refractivity contribution in [2.45, 2.75) is 11.8 Å². The number of nitrogens with one attached hydrogen (secondary N) is 1. The molecule has 0 amide bonds. The average Bonchev–Trinajstić information content (AvgIpc) is 2.63. The van der Waals surface area contributed by atoms with Crippen molar-refractivity contribution in [3.05, 3.63) is 30.1 Å². The van der Waals surface area contributed by atoms with Gasteiger partial charge in [0.25, 0.3) is 10.0 Å². The fourth-order valence-corrected chi connectivity index (χ4v) is 2.80. The van der Waals surface area contributed by atoms with Gasteiger partial charge in [0.1, 0.15) is 6.33 Å². The van der Waals surface area contributed by atoms with E-state index in [0.717, 1.165) is 0 Å². The second-order valence-electron chi connectivity index (χ2n) is 3.84. The van der Waals surface area contributed by atoms with E-state index in [0.29, 0.717) is 11.3 Å². The molecule has 1 aromatic heterocycles. The minimum atomic E-state index is -3.68. The van der Waals surface area contributed by atoms with Gasteiger partial charge >= 0.3 is 0 Å². The summed E-state index contributed by atoms with van der Waals surface area (Å²) in [6.45, 7) is 1.68. The molecule has 0 bridgehead atoms. The van der Waals surface area contributed by atoms with Crippen LogP contribution in [0, 0.1) is 6.92 Å². The van der Waals surface area contributed by atoms with Crippen LogP contribution in [0.4, 0.5) is 11.6 Å². The third kappa shape index (κ3) is 2.28. The van der Waals surface area contributed by atoms with Crippen molar-refractivity contribution in [3.63, 3.8) is 0 Å². The summed E-state index contributed by atoms with van der Waals surface area (Å²) in [6.07, 6.45) is 1.27. The van der Waals surface area contributed by atoms with Crippen LogP contribution in [0.15, 0.2) is 29.4 Å². The van der Waals surface area contributed by atoms with Crippen LogP contribution in [0.2, 0.25) is 0 Å². The second-order valence-corrected chi connectivity index (χ2v) is 5.49. The van der Waals surface area contributed by atoms with E-state index in [1.165, 1.54) is 23.1 Å². The maximum absolute atomic E-state index is 12.2. The minimum Gasteiger partial charge on any atom is -0.399 e. The minimum absolute atomic E-state index is 0.159. The topological polar surface area (TPSA) is 103 Å². The molecule has 0 fully saturated rings. The summed E-state index contributed by atoms with van der Waals surface area (Å²) in [4.78, 5) is 3.98. The quantitative estimate of drug-likeness (QED) is 0.788. The molecule has 1 heterocycles. The van der Waals surface area contributed by atoms with Crippen LogP contribution in [-0.2, 0) is 17.1 Å². The number of hydrogen-bond donors (Lipinski definition) is 2. The van der Waals surface area contributed by atoms with Crippen molar-refractivity contribution >= 4 is 21.7 Å². The molecule has 2 rings (SSSR count). The largest absolute Gasteiger partial charge is 0.399 e. The predicted octanol–water partition coefficient (Wildman–Crippen LogP) is 0.507. The molecule has 0 saturated heterocycles. The Kier molecular flexibility index (Phi) is 2.95. The lowest BCUT2D eigenvalue weighted by Gasteiger charge is -2.09. The molecule has 1 aromatic carbocycles. The number of nitrogens with two attached hydrogens (primary N) is 1. The summed E-state index contributed by atoms with van der Waals surface area (Å²) >= 11 is 0. The van der Waals surface area contributed by atoms with E-state index in [1.807, 2.05) is 0 Å². The Morgan fingerprint density at radius 1 is 1.39 bits per heavy atom. The summed E-state index contributed by atoms with van der Waals surface area (Å²) < 4.78 is 28.0. The molecule has 0 atom stereocenters. The van der Waals surface area contributed by atoms with E-state index in [2.05, 4.69) is 14.8 Å². The molecule has 0 spiro atoms. The summed E-state index contributed by atoms with van der Waals surface area (Å²) in [5, 5.41) is 3.79. The molecule has 0 radical (unpaired) electrons. The third-order valence-electron chi connectivity index (χ3n) is 2.43. The molecule has 0 aliphatic heterocycles. The number of aryl methyl sites for hydroxylation is 2. The Balaban J connectivity index is 2.40. The number of benzene rings is 1. The Hall–Kier alpha value is -2.09. The standard InChI is InChI=1S/C10H13N5O2S/c1-7-5-8(11)3-4-9(7)18(16,17)14-10-12-6-13-15(10)2/h3-6H,11H2,1-2H3,(H,12,13,14). The molecular weight excluding hydrogens is 254 g/mol. The summed E-state index contributed by atoms with van der Waals surface area (Å²) in [7, 11) is -2.08. The SMILES string of the molecule is Cc1cc(N)ccc1S(=O)(=O)Nc1ncnn1C. The van der Waals surface area contributed by atoms with Gasteiger partial charge < -0.3 is 5.73 Å². The number of rotatable bonds is 3. The third-order valence-corrected chi connectivity index (χ3v) is 3.91. The maximum Gasteiger partial charge on any atom is 0.264 e. The molecule has 2 aromatic rings. The van der Waals surface area contributed by atoms with Gasteiger partial charge in [-0.25, -0.2) is 17.8 Å². The first-order chi connectivity index (χ1) is 8.40. The highest BCUT2D eigenvalue weighted by molar-refractivity contribution is 7.92. The van der Waals surface area contributed by atoms with Crippen LogP contribution in [0.5, 0.6) is 0 Å². The molecule has 7 nitrogen and oxygen atoms in total. The van der Waals surface area contributed by atoms with Gasteiger partial charge in [-0.1, -0.05) is 0 Å². The molecule has 0 unspecified atom stereocenters. The van der Waals surface area contributed by atoms with Crippen molar-refractivity contribution < 1.29 is 8.42 Å². The zero-order valence-corrected chi connectivity index (χ0v) is 10.8. The maximum atomic E-state index is 12.2. The van der Waals surface area contributed by atoms with E-state index >= 15 is 0 Å². The van der Waals surface area contributed by atoms with Crippen LogP contribution in [-0.4, -0.2) is 23.2 Å². The van der Waals surface area contributed by atoms with Crippen molar-refractivity contribution in [1.82, 2.24) is 14.8 Å². The molecular formula is C10H13N5O2S. The Morgan fingerprint density at radius 3 is 2.67 bits per heavy atom. The molecule has 96 valence electrons. The Bertz CT molecular complexity index is 677. The monoisotopic (exact) mass is 267 g/mol. The zero-order chi connectivity index (χ0) is 13.3. The number of aromatic nitrogens is 3. The van der Waals surface area contributed by atoms with E-state index < -0.39 is 10.0 Å². The van der Waals surface area contributed by atoms with Crippen molar-refractivity contribution in [2.24, 2.45) is 7.05 Å². The molecule has 0 saturated carbocycles. The Labute approximate surface area is 105 Å². The van der Waals surface area contributed by atoms with Crippen molar-refractivity contribution in [2.75, 3.05) is 10.5 Å². The number of anilines is 2. The fourth-order valence-electron chi connectivity index (χ4n) is 1.54. The summed E-state index contributed by atoms with van der Waals surface area (Å²) in [6, 6.07) is 4.60. The zero-order valence-electron chi connectivity index (χ0n) is 9.95. The van der Waals surface area contributed by atoms with Crippen molar-refractivity contribution in [1.29, 1.82) is 0 Å². The van der Waals surface area contributed by atoms with Crippen LogP contribution in [0.3, 0.4) is 0 Å². The number of nitrogens with zero attached hydrogens (tertiary/aromatic N) is 3. The van der Waals surface area contributed by atoms with Crippen molar-refractivity contribution in [3.8, 4) is 0 Å². The predicted molar refractivity (Wildman–Crippen MR) is 67.4 cm³/mol. The average molecular weight is 267 g/mol. The first-order valence-corrected chi connectivity index (χ1v) is 6.61. The van der Waals surface area contributed by atoms with Crippen LogP contribution in [0.25, 0.3) is 0 Å². The van der Waals surface area contributed by atoms with Gasteiger partial charge in [0.2, 0.25) is 5.95 Å². The summed E-state index contributed by atoms with van der Waals surface area (Å²) in [5.41, 5.74) is 6.68. The molecule has 8 heteroatoms. The van der Waals surface area contributed by atoms with E-state index in [9.17, 15) is 8.42 Å². The normalized spacial score (nSPS) is 11.4. The van der Waals surface area contributed by atoms with Crippen LogP contribution < -0.4 is 10.5 Å². The van der Waals surface area contributed by atoms with Gasteiger partial charge in [0, 0.05) is 12.7 Å². The van der Waals surface area contributed by atoms with Gasteiger partial charge in [-0.15, -0.1) is 0 Å². The second kappa shape index (κ2) is 4.30. The van der Waals surface area contributed by atoms with E-state index in [-0.39, 0.29) is 10.8 Å². The lowest BCUT2D eigenvalue weighted by Crippen LogP contribution is -2.17. The van der Waals surface area contributed by atoms with Crippen LogP contribution in [0.1, 0.15) is 5.56 Å². The van der Waals surface area contributed by atoms with Gasteiger partial charge in [0.15, 0.2) is 0 Å². The highest BCUT2D eigenvalue weighted by Crippen LogP contribution is 2.19. The highest BCUT2D eigenvalue weighted by Gasteiger charge is 2.18. The first-order valence-electron chi connectivity index (χ1n) is 5.13. The lowest BCUT2D eigenvalue weighted by molar-refractivity contribution is 0.599. The van der Waals surface area contributed by atoms with E-state index in [4.69, 9.17) is 5.73 Å². The van der Waals surface area contributed by atoms with Gasteiger partial charge in [-0.3, -0.25) is 0 Å². The number of sulfonamides is 1. The Morgan fingerprint density at radius 2 is 2.11 bits per heavy atom. The first kappa shape index (κ1) is 12.4. The molecule has 0 aliphatic rings. The molecule has 0 aliphatic carbocycles. The van der Waals surface area contributed by atoms with Gasteiger partial charge in [-0.2, -0.15) is 10.1 Å². The fraction of sp³-hybridized carbons (Fsp3) is 0.200. The number of nitrogen functional groups attached to an aromatic ring is 1. The van der Waals surface area contributed by atoms with Gasteiger partial charge in [-0.05, 0) is 30.7 Å². The van der Waals surface area contributed by atoms with Gasteiger partial charge in [0.05, 0.1) is 4.90 Å². The highest BCUT2D eigenvalue weighted by atomic mass is 32.2. The van der Waals surface area contributed by atoms with E-state index in [1.54, 1.807) is 20.0 Å².